The molecule has 0 spiro atoms. The Morgan fingerprint density at radius 1 is 0.333 bits per heavy atom. The maximum Gasteiger partial charge on any atom is 0.160 e. The molecule has 0 N–H and O–H groups in total. The van der Waals surface area contributed by atoms with E-state index in [1.54, 1.807) is 6.20 Å². The summed E-state index contributed by atoms with van der Waals surface area (Å²) in [6, 6.07) is 71.9. The Kier molecular flexibility index (Phi) is 8.01. The summed E-state index contributed by atoms with van der Waals surface area (Å²) < 4.78 is 7.33. The van der Waals surface area contributed by atoms with Gasteiger partial charge in [-0.2, -0.15) is 0 Å². The number of aromatic nitrogens is 5. The zero-order valence-corrected chi connectivity index (χ0v) is 34.7. The molecule has 0 fully saturated rings. The van der Waals surface area contributed by atoms with Crippen molar-refractivity contribution in [2.45, 2.75) is 0 Å². The van der Waals surface area contributed by atoms with Gasteiger partial charge in [-0.15, -0.1) is 11.3 Å². The molecule has 5 heterocycles. The Labute approximate surface area is 366 Å². The standard InChI is InChI=1S/C57H35N5S/c1-6-18-51-43(13-1)44-14-2-7-19-52(44)61(51)41-30-40(31-42(33-41)62-53-20-8-3-15-45(53)46-16-4-9-21-54(46)62)50-34-49(37-25-23-36(24-26-37)39-12-11-29-58-35-39)59-57(60-50)38-27-28-56-48(32-38)47-17-5-10-22-55(47)63-56/h1-35H. The third kappa shape index (κ3) is 5.80. The number of rotatable bonds is 6. The molecular formula is C57H35N5S. The van der Waals surface area contributed by atoms with Crippen molar-refractivity contribution in [2.75, 3.05) is 0 Å². The second-order valence-corrected chi connectivity index (χ2v) is 17.2. The van der Waals surface area contributed by atoms with Gasteiger partial charge >= 0.3 is 0 Å². The predicted molar refractivity (Wildman–Crippen MR) is 263 cm³/mol. The molecule has 0 saturated heterocycles. The lowest BCUT2D eigenvalue weighted by atomic mass is 10.0. The van der Waals surface area contributed by atoms with E-state index in [4.69, 9.17) is 9.97 Å². The van der Waals surface area contributed by atoms with Crippen LogP contribution in [-0.2, 0) is 0 Å². The molecule has 63 heavy (non-hydrogen) atoms. The van der Waals surface area contributed by atoms with Crippen molar-refractivity contribution in [3.63, 3.8) is 0 Å². The fourth-order valence-corrected chi connectivity index (χ4v) is 10.6. The fourth-order valence-electron chi connectivity index (χ4n) is 9.51. The first-order chi connectivity index (χ1) is 31.2. The van der Waals surface area contributed by atoms with E-state index >= 15 is 0 Å². The average Bonchev–Trinajstić information content (AvgIpc) is 4.02. The largest absolute Gasteiger partial charge is 0.309 e. The van der Waals surface area contributed by atoms with Crippen molar-refractivity contribution in [3.8, 4) is 56.4 Å². The smallest absolute Gasteiger partial charge is 0.160 e. The molecule has 6 heteroatoms. The van der Waals surface area contributed by atoms with Crippen LogP contribution < -0.4 is 0 Å². The van der Waals surface area contributed by atoms with Crippen LogP contribution in [-0.4, -0.2) is 24.1 Å². The summed E-state index contributed by atoms with van der Waals surface area (Å²) in [5.74, 6) is 0.677. The highest BCUT2D eigenvalue weighted by atomic mass is 32.1. The highest BCUT2D eigenvalue weighted by molar-refractivity contribution is 7.25. The van der Waals surface area contributed by atoms with Crippen LogP contribution in [0.15, 0.2) is 213 Å². The highest BCUT2D eigenvalue weighted by Crippen LogP contribution is 2.40. The summed E-state index contributed by atoms with van der Waals surface area (Å²) in [7, 11) is 0. The van der Waals surface area contributed by atoms with Crippen molar-refractivity contribution >= 4 is 75.1 Å². The molecule has 13 rings (SSSR count). The zero-order chi connectivity index (χ0) is 41.4. The Hall–Kier alpha value is -8.19. The van der Waals surface area contributed by atoms with Gasteiger partial charge < -0.3 is 9.13 Å². The molecule has 0 aliphatic carbocycles. The lowest BCUT2D eigenvalue weighted by Crippen LogP contribution is -2.01. The Morgan fingerprint density at radius 2 is 0.825 bits per heavy atom. The van der Waals surface area contributed by atoms with Crippen molar-refractivity contribution in [1.29, 1.82) is 0 Å². The van der Waals surface area contributed by atoms with E-state index in [2.05, 4.69) is 208 Å². The van der Waals surface area contributed by atoms with Gasteiger partial charge in [0.25, 0.3) is 0 Å². The van der Waals surface area contributed by atoms with E-state index in [9.17, 15) is 0 Å². The summed E-state index contributed by atoms with van der Waals surface area (Å²) in [6.07, 6.45) is 3.71. The van der Waals surface area contributed by atoms with Crippen LogP contribution in [0.2, 0.25) is 0 Å². The van der Waals surface area contributed by atoms with Crippen LogP contribution in [0.1, 0.15) is 0 Å². The number of hydrogen-bond acceptors (Lipinski definition) is 4. The minimum Gasteiger partial charge on any atom is -0.309 e. The number of hydrogen-bond donors (Lipinski definition) is 0. The first kappa shape index (κ1) is 35.6. The molecule has 5 aromatic heterocycles. The lowest BCUT2D eigenvalue weighted by molar-refractivity contribution is 1.13. The summed E-state index contributed by atoms with van der Waals surface area (Å²) in [5, 5.41) is 7.33. The Morgan fingerprint density at radius 3 is 1.40 bits per heavy atom. The fraction of sp³-hybridized carbons (Fsp3) is 0. The van der Waals surface area contributed by atoms with Crippen molar-refractivity contribution in [1.82, 2.24) is 24.1 Å². The summed E-state index contributed by atoms with van der Waals surface area (Å²) in [5.41, 5.74) is 13.5. The van der Waals surface area contributed by atoms with Crippen LogP contribution in [0.5, 0.6) is 0 Å². The van der Waals surface area contributed by atoms with Crippen LogP contribution in [0.4, 0.5) is 0 Å². The van der Waals surface area contributed by atoms with E-state index in [0.29, 0.717) is 5.82 Å². The third-order valence-corrected chi connectivity index (χ3v) is 13.6. The van der Waals surface area contributed by atoms with E-state index in [0.717, 1.165) is 72.6 Å². The van der Waals surface area contributed by atoms with Gasteiger partial charge in [0, 0.05) is 82.2 Å². The number of nitrogens with zero attached hydrogens (tertiary/aromatic N) is 5. The van der Waals surface area contributed by atoms with Gasteiger partial charge in [-0.05, 0) is 90.0 Å². The average molecular weight is 822 g/mol. The van der Waals surface area contributed by atoms with E-state index in [1.807, 2.05) is 23.6 Å². The van der Waals surface area contributed by atoms with E-state index in [-0.39, 0.29) is 0 Å². The molecule has 0 aliphatic heterocycles. The quantitative estimate of drug-likeness (QED) is 0.168. The first-order valence-electron chi connectivity index (χ1n) is 21.2. The maximum atomic E-state index is 5.50. The normalized spacial score (nSPS) is 11.8. The summed E-state index contributed by atoms with van der Waals surface area (Å²) in [4.78, 5) is 15.2. The Bertz CT molecular complexity index is 3680. The third-order valence-electron chi connectivity index (χ3n) is 12.4. The molecule has 5 nitrogen and oxygen atoms in total. The summed E-state index contributed by atoms with van der Waals surface area (Å²) >= 11 is 1.82. The molecule has 0 bridgehead atoms. The molecule has 0 amide bonds. The number of fused-ring (bicyclic) bond motifs is 9. The minimum absolute atomic E-state index is 0.677. The lowest BCUT2D eigenvalue weighted by Gasteiger charge is -2.16. The number of thiophene rings is 1. The van der Waals surface area contributed by atoms with Crippen LogP contribution >= 0.6 is 11.3 Å². The maximum absolute atomic E-state index is 5.50. The second-order valence-electron chi connectivity index (χ2n) is 16.1. The van der Waals surface area contributed by atoms with Gasteiger partial charge in [-0.1, -0.05) is 121 Å². The zero-order valence-electron chi connectivity index (χ0n) is 33.9. The molecular weight excluding hydrogens is 787 g/mol. The Balaban J connectivity index is 1.09. The molecule has 0 saturated carbocycles. The molecule has 294 valence electrons. The van der Waals surface area contributed by atoms with Gasteiger partial charge in [-0.25, -0.2) is 9.97 Å². The van der Waals surface area contributed by atoms with Gasteiger partial charge in [0.05, 0.1) is 33.5 Å². The molecule has 8 aromatic carbocycles. The van der Waals surface area contributed by atoms with Gasteiger partial charge in [-0.3, -0.25) is 4.98 Å². The van der Waals surface area contributed by atoms with Crippen molar-refractivity contribution in [3.05, 3.63) is 213 Å². The topological polar surface area (TPSA) is 48.5 Å². The van der Waals surface area contributed by atoms with Crippen molar-refractivity contribution < 1.29 is 0 Å². The van der Waals surface area contributed by atoms with Gasteiger partial charge in [0.2, 0.25) is 0 Å². The predicted octanol–water partition coefficient (Wildman–Crippen LogP) is 15.1. The summed E-state index contributed by atoms with van der Waals surface area (Å²) in [6.45, 7) is 0. The van der Waals surface area contributed by atoms with Crippen LogP contribution in [0, 0.1) is 0 Å². The minimum atomic E-state index is 0.677. The highest BCUT2D eigenvalue weighted by Gasteiger charge is 2.19. The first-order valence-corrected chi connectivity index (χ1v) is 22.0. The SMILES string of the molecule is c1cncc(-c2ccc(-c3cc(-c4cc(-n5c6ccccc6c6ccccc65)cc(-n5c6ccccc6c6ccccc65)c4)nc(-c4ccc5sc6ccccc6c5c4)n3)cc2)c1. The molecule has 0 atom stereocenters. The van der Waals surface area contributed by atoms with Crippen LogP contribution in [0.25, 0.3) is 120 Å². The second kappa shape index (κ2) is 14.2. The van der Waals surface area contributed by atoms with Gasteiger partial charge in [0.1, 0.15) is 0 Å². The van der Waals surface area contributed by atoms with E-state index < -0.39 is 0 Å². The molecule has 0 radical (unpaired) electrons. The number of para-hydroxylation sites is 4. The molecule has 0 aliphatic rings. The molecule has 0 unspecified atom stereocenters. The van der Waals surface area contributed by atoms with Crippen LogP contribution in [0.3, 0.4) is 0 Å². The molecule has 13 aromatic rings. The van der Waals surface area contributed by atoms with E-state index in [1.165, 1.54) is 41.7 Å². The number of benzene rings is 8. The number of pyridine rings is 1. The monoisotopic (exact) mass is 821 g/mol. The van der Waals surface area contributed by atoms with Crippen molar-refractivity contribution in [2.24, 2.45) is 0 Å². The van der Waals surface area contributed by atoms with Gasteiger partial charge in [0.15, 0.2) is 5.82 Å².